The molecule has 1 fully saturated rings. The number of hydrogen-bond donors (Lipinski definition) is 1. The number of amides is 2. The van der Waals surface area contributed by atoms with E-state index in [0.717, 1.165) is 24.2 Å². The number of aryl methyl sites for hydroxylation is 2. The molecule has 1 unspecified atom stereocenters. The second-order valence-electron chi connectivity index (χ2n) is 6.86. The minimum atomic E-state index is -0.308. The van der Waals surface area contributed by atoms with E-state index < -0.39 is 0 Å². The van der Waals surface area contributed by atoms with Gasteiger partial charge in [-0.25, -0.2) is 0 Å². The highest BCUT2D eigenvalue weighted by Gasteiger charge is 2.32. The fourth-order valence-electron chi connectivity index (χ4n) is 3.70. The van der Waals surface area contributed by atoms with Gasteiger partial charge in [0.25, 0.3) is 5.91 Å². The number of hydrogen-bond acceptors (Lipinski definition) is 5. The third-order valence-corrected chi connectivity index (χ3v) is 5.05. The van der Waals surface area contributed by atoms with Gasteiger partial charge in [-0.05, 0) is 51.0 Å². The molecule has 1 aliphatic rings. The highest BCUT2D eigenvalue weighted by Crippen LogP contribution is 2.38. The zero-order valence-corrected chi connectivity index (χ0v) is 16.7. The summed E-state index contributed by atoms with van der Waals surface area (Å²) in [6, 6.07) is 7.16. The van der Waals surface area contributed by atoms with Gasteiger partial charge < -0.3 is 24.1 Å². The Morgan fingerprint density at radius 2 is 2.00 bits per heavy atom. The number of benzene rings is 1. The van der Waals surface area contributed by atoms with E-state index in [4.69, 9.17) is 13.9 Å². The SMILES string of the molecule is COc1ccc(OC)c(C2CCCN2C(=O)CNC(=O)c2cc(C)oc2C)c1. The molecular formula is C21H26N2O5. The topological polar surface area (TPSA) is 81.0 Å². The summed E-state index contributed by atoms with van der Waals surface area (Å²) < 4.78 is 16.2. The van der Waals surface area contributed by atoms with Gasteiger partial charge in [-0.1, -0.05) is 0 Å². The highest BCUT2D eigenvalue weighted by atomic mass is 16.5. The first kappa shape index (κ1) is 19.8. The number of likely N-dealkylation sites (tertiary alicyclic amines) is 1. The summed E-state index contributed by atoms with van der Waals surface area (Å²) >= 11 is 0. The van der Waals surface area contributed by atoms with Crippen LogP contribution in [0.1, 0.15) is 46.3 Å². The van der Waals surface area contributed by atoms with Crippen molar-refractivity contribution in [3.05, 3.63) is 46.9 Å². The van der Waals surface area contributed by atoms with Gasteiger partial charge in [0.1, 0.15) is 23.0 Å². The second kappa shape index (κ2) is 8.37. The molecule has 7 heteroatoms. The van der Waals surface area contributed by atoms with Gasteiger partial charge in [-0.15, -0.1) is 0 Å². The van der Waals surface area contributed by atoms with Crippen LogP contribution in [0.15, 0.2) is 28.7 Å². The molecule has 0 radical (unpaired) electrons. The molecule has 1 aromatic heterocycles. The molecule has 1 aromatic carbocycles. The fourth-order valence-corrected chi connectivity index (χ4v) is 3.70. The zero-order chi connectivity index (χ0) is 20.3. The lowest BCUT2D eigenvalue weighted by Crippen LogP contribution is -2.40. The van der Waals surface area contributed by atoms with Crippen LogP contribution in [0, 0.1) is 13.8 Å². The number of carbonyl (C=O) groups is 2. The summed E-state index contributed by atoms with van der Waals surface area (Å²) in [5.41, 5.74) is 1.37. The number of ether oxygens (including phenoxy) is 2. The number of furan rings is 1. The van der Waals surface area contributed by atoms with Crippen molar-refractivity contribution in [3.8, 4) is 11.5 Å². The number of methoxy groups -OCH3 is 2. The molecule has 1 saturated heterocycles. The minimum absolute atomic E-state index is 0.0642. The Morgan fingerprint density at radius 1 is 1.21 bits per heavy atom. The maximum absolute atomic E-state index is 12.8. The van der Waals surface area contributed by atoms with E-state index >= 15 is 0 Å². The van der Waals surface area contributed by atoms with Crippen LogP contribution < -0.4 is 14.8 Å². The monoisotopic (exact) mass is 386 g/mol. The van der Waals surface area contributed by atoms with Crippen molar-refractivity contribution >= 4 is 11.8 Å². The molecule has 2 amide bonds. The molecule has 1 N–H and O–H groups in total. The Labute approximate surface area is 164 Å². The summed E-state index contributed by atoms with van der Waals surface area (Å²) in [5.74, 6) is 2.21. The Morgan fingerprint density at radius 3 is 2.64 bits per heavy atom. The van der Waals surface area contributed by atoms with Gasteiger partial charge in [0.2, 0.25) is 5.91 Å². The van der Waals surface area contributed by atoms with E-state index in [1.54, 1.807) is 39.0 Å². The maximum Gasteiger partial charge on any atom is 0.255 e. The molecule has 7 nitrogen and oxygen atoms in total. The molecule has 0 bridgehead atoms. The first-order chi connectivity index (χ1) is 13.4. The molecule has 2 heterocycles. The molecule has 0 spiro atoms. The normalized spacial score (nSPS) is 16.1. The summed E-state index contributed by atoms with van der Waals surface area (Å²) in [6.45, 7) is 4.09. The van der Waals surface area contributed by atoms with Crippen molar-refractivity contribution in [1.82, 2.24) is 10.2 Å². The first-order valence-electron chi connectivity index (χ1n) is 9.31. The molecule has 150 valence electrons. The van der Waals surface area contributed by atoms with E-state index in [0.29, 0.717) is 29.4 Å². The van der Waals surface area contributed by atoms with Crippen molar-refractivity contribution in [3.63, 3.8) is 0 Å². The molecule has 0 saturated carbocycles. The lowest BCUT2D eigenvalue weighted by Gasteiger charge is -2.26. The lowest BCUT2D eigenvalue weighted by atomic mass is 10.0. The zero-order valence-electron chi connectivity index (χ0n) is 16.7. The van der Waals surface area contributed by atoms with E-state index in [1.165, 1.54) is 0 Å². The predicted octanol–water partition coefficient (Wildman–Crippen LogP) is 3.01. The van der Waals surface area contributed by atoms with E-state index in [-0.39, 0.29) is 24.4 Å². The van der Waals surface area contributed by atoms with Crippen LogP contribution in [0.4, 0.5) is 0 Å². The number of carbonyl (C=O) groups excluding carboxylic acids is 2. The summed E-state index contributed by atoms with van der Waals surface area (Å²) in [6.07, 6.45) is 1.73. The Bertz CT molecular complexity index is 874. The van der Waals surface area contributed by atoms with Gasteiger partial charge in [0.05, 0.1) is 32.4 Å². The van der Waals surface area contributed by atoms with Crippen molar-refractivity contribution in [1.29, 1.82) is 0 Å². The van der Waals surface area contributed by atoms with Crippen molar-refractivity contribution < 1.29 is 23.5 Å². The molecule has 0 aliphatic carbocycles. The average molecular weight is 386 g/mol. The number of rotatable bonds is 6. The Balaban J connectivity index is 1.71. The average Bonchev–Trinajstić information content (AvgIpc) is 3.31. The Kier molecular flexibility index (Phi) is 5.92. The number of nitrogens with zero attached hydrogens (tertiary/aromatic N) is 1. The third-order valence-electron chi connectivity index (χ3n) is 5.05. The van der Waals surface area contributed by atoms with Crippen LogP contribution in [0.5, 0.6) is 11.5 Å². The van der Waals surface area contributed by atoms with Crippen LogP contribution in [-0.2, 0) is 4.79 Å². The van der Waals surface area contributed by atoms with Gasteiger partial charge in [0, 0.05) is 12.1 Å². The van der Waals surface area contributed by atoms with E-state index in [9.17, 15) is 9.59 Å². The summed E-state index contributed by atoms with van der Waals surface area (Å²) in [7, 11) is 3.22. The highest BCUT2D eigenvalue weighted by molar-refractivity contribution is 5.97. The maximum atomic E-state index is 12.8. The molecule has 1 atom stereocenters. The minimum Gasteiger partial charge on any atom is -0.497 e. The second-order valence-corrected chi connectivity index (χ2v) is 6.86. The van der Waals surface area contributed by atoms with Gasteiger partial charge in [0.15, 0.2) is 0 Å². The summed E-state index contributed by atoms with van der Waals surface area (Å²) in [4.78, 5) is 27.0. The van der Waals surface area contributed by atoms with Gasteiger partial charge in [-0.2, -0.15) is 0 Å². The van der Waals surface area contributed by atoms with Crippen molar-refractivity contribution in [2.45, 2.75) is 32.7 Å². The molecule has 1 aliphatic heterocycles. The smallest absolute Gasteiger partial charge is 0.255 e. The van der Waals surface area contributed by atoms with Gasteiger partial charge in [-0.3, -0.25) is 9.59 Å². The van der Waals surface area contributed by atoms with Crippen LogP contribution in [0.2, 0.25) is 0 Å². The molecule has 28 heavy (non-hydrogen) atoms. The van der Waals surface area contributed by atoms with Crippen molar-refractivity contribution in [2.75, 3.05) is 27.3 Å². The number of nitrogens with one attached hydrogen (secondary N) is 1. The van der Waals surface area contributed by atoms with Gasteiger partial charge >= 0.3 is 0 Å². The fraction of sp³-hybridized carbons (Fsp3) is 0.429. The van der Waals surface area contributed by atoms with E-state index in [2.05, 4.69) is 5.32 Å². The Hall–Kier alpha value is -2.96. The molecule has 2 aromatic rings. The van der Waals surface area contributed by atoms with Crippen LogP contribution in [0.25, 0.3) is 0 Å². The van der Waals surface area contributed by atoms with Crippen LogP contribution in [-0.4, -0.2) is 44.0 Å². The standard InChI is InChI=1S/C21H26N2O5/c1-13-10-16(14(2)28-13)21(25)22-12-20(24)23-9-5-6-18(23)17-11-15(26-3)7-8-19(17)27-4/h7-8,10-11,18H,5-6,9,12H2,1-4H3,(H,22,25). The molecule has 3 rings (SSSR count). The third kappa shape index (κ3) is 3.98. The van der Waals surface area contributed by atoms with Crippen LogP contribution in [0.3, 0.4) is 0 Å². The lowest BCUT2D eigenvalue weighted by molar-refractivity contribution is -0.131. The van der Waals surface area contributed by atoms with Crippen LogP contribution >= 0.6 is 0 Å². The first-order valence-corrected chi connectivity index (χ1v) is 9.31. The summed E-state index contributed by atoms with van der Waals surface area (Å²) in [5, 5.41) is 2.71. The van der Waals surface area contributed by atoms with Crippen molar-refractivity contribution in [2.24, 2.45) is 0 Å². The van der Waals surface area contributed by atoms with E-state index in [1.807, 2.05) is 18.2 Å². The molecular weight excluding hydrogens is 360 g/mol. The quantitative estimate of drug-likeness (QED) is 0.825. The largest absolute Gasteiger partial charge is 0.497 e. The predicted molar refractivity (Wildman–Crippen MR) is 104 cm³/mol.